The van der Waals surface area contributed by atoms with Crippen LogP contribution in [-0.2, 0) is 33.4 Å². The summed E-state index contributed by atoms with van der Waals surface area (Å²) in [5.74, 6) is -3.74. The van der Waals surface area contributed by atoms with E-state index >= 15 is 0 Å². The number of amides is 2. The smallest absolute Gasteiger partial charge is 0.338 e. The van der Waals surface area contributed by atoms with Crippen LogP contribution in [0.25, 0.3) is 0 Å². The number of carbonyl (C=O) groups excluding carboxylic acids is 5. The van der Waals surface area contributed by atoms with E-state index in [1.54, 1.807) is 39.0 Å². The number of nitrogens with zero attached hydrogens (tertiary/aromatic N) is 1. The van der Waals surface area contributed by atoms with Crippen LogP contribution in [-0.4, -0.2) is 77.4 Å². The van der Waals surface area contributed by atoms with E-state index in [0.717, 1.165) is 4.90 Å². The number of ether oxygens (including phenoxy) is 3. The number of rotatable bonds is 4. The van der Waals surface area contributed by atoms with Crippen molar-refractivity contribution in [1.29, 1.82) is 0 Å². The van der Waals surface area contributed by atoms with Gasteiger partial charge in [0, 0.05) is 13.5 Å². The lowest BCUT2D eigenvalue weighted by Gasteiger charge is -2.51. The molecular formula is C25H28N2O9. The molecule has 0 bridgehead atoms. The molecular weight excluding hydrogens is 472 g/mol. The van der Waals surface area contributed by atoms with Crippen LogP contribution in [0.1, 0.15) is 44.0 Å². The monoisotopic (exact) mass is 500 g/mol. The van der Waals surface area contributed by atoms with Crippen LogP contribution >= 0.6 is 0 Å². The van der Waals surface area contributed by atoms with Crippen molar-refractivity contribution in [3.63, 3.8) is 0 Å². The van der Waals surface area contributed by atoms with Crippen LogP contribution in [0.15, 0.2) is 30.3 Å². The van der Waals surface area contributed by atoms with E-state index in [1.807, 2.05) is 0 Å². The quantitative estimate of drug-likeness (QED) is 0.435. The highest BCUT2D eigenvalue weighted by molar-refractivity contribution is 6.00. The first kappa shape index (κ1) is 24.2. The maximum absolute atomic E-state index is 13.9. The summed E-state index contributed by atoms with van der Waals surface area (Å²) in [7, 11) is 1.38. The van der Waals surface area contributed by atoms with Gasteiger partial charge in [0.15, 0.2) is 12.3 Å². The lowest BCUT2D eigenvalue weighted by Crippen LogP contribution is -2.66. The molecule has 1 aromatic carbocycles. The van der Waals surface area contributed by atoms with Gasteiger partial charge in [-0.1, -0.05) is 39.0 Å². The number of aliphatic hydroxyl groups is 1. The molecule has 3 saturated heterocycles. The third-order valence-corrected chi connectivity index (χ3v) is 8.39. The molecule has 4 fully saturated rings. The van der Waals surface area contributed by atoms with Crippen LogP contribution in [0.4, 0.5) is 0 Å². The van der Waals surface area contributed by atoms with Crippen molar-refractivity contribution >= 4 is 29.7 Å². The molecule has 0 unspecified atom stereocenters. The van der Waals surface area contributed by atoms with Gasteiger partial charge in [-0.15, -0.1) is 0 Å². The zero-order valence-electron chi connectivity index (χ0n) is 20.4. The molecule has 1 aromatic rings. The third-order valence-electron chi connectivity index (χ3n) is 8.39. The maximum Gasteiger partial charge on any atom is 0.338 e. The average molecular weight is 501 g/mol. The second-order valence-corrected chi connectivity index (χ2v) is 10.9. The summed E-state index contributed by atoms with van der Waals surface area (Å²) < 4.78 is 17.1. The van der Waals surface area contributed by atoms with Crippen molar-refractivity contribution in [1.82, 2.24) is 10.2 Å². The molecule has 1 saturated carbocycles. The summed E-state index contributed by atoms with van der Waals surface area (Å²) in [6, 6.07) is 7.95. The first-order chi connectivity index (χ1) is 16.8. The number of benzene rings is 1. The third kappa shape index (κ3) is 2.69. The van der Waals surface area contributed by atoms with Crippen molar-refractivity contribution in [3.05, 3.63) is 35.9 Å². The van der Waals surface area contributed by atoms with Gasteiger partial charge in [-0.2, -0.15) is 0 Å². The number of hydrogen-bond donors (Lipinski definition) is 2. The van der Waals surface area contributed by atoms with Crippen molar-refractivity contribution in [2.75, 3.05) is 13.6 Å². The molecule has 5 rings (SSSR count). The van der Waals surface area contributed by atoms with E-state index in [9.17, 15) is 29.1 Å². The van der Waals surface area contributed by atoms with Crippen LogP contribution in [0, 0.1) is 16.2 Å². The molecule has 4 aliphatic rings. The Morgan fingerprint density at radius 3 is 2.44 bits per heavy atom. The SMILES string of the molecule is CNC(=O)CN1C(=O)[C@H](OC(=O)c2ccccc2)[C@@]23[C@@H]1OC(=O)[C@@]21CC(=O)O[C@H]1C[C@@]3(O)C(C)(C)C. The molecule has 36 heavy (non-hydrogen) atoms. The van der Waals surface area contributed by atoms with Crippen molar-refractivity contribution < 1.29 is 43.3 Å². The van der Waals surface area contributed by atoms with Gasteiger partial charge in [0.2, 0.25) is 5.91 Å². The molecule has 2 spiro atoms. The van der Waals surface area contributed by atoms with Gasteiger partial charge in [0.25, 0.3) is 5.91 Å². The van der Waals surface area contributed by atoms with Gasteiger partial charge in [0.05, 0.1) is 17.6 Å². The standard InChI is InChI=1S/C25H28N2O9/c1-22(2,3)24(33)10-14-23(11-16(29)34-14)21(32)36-20-25(23,24)17(18(30)27(20)12-15(28)26-4)35-19(31)13-8-6-5-7-9-13/h5-9,14,17,20,33H,10-12H2,1-4H3,(H,26,28)/t14-,17-,20-,23-,24+,25+/m0/s1. The molecule has 0 aromatic heterocycles. The minimum atomic E-state index is -1.91. The van der Waals surface area contributed by atoms with E-state index < -0.39 is 83.0 Å². The Balaban J connectivity index is 1.75. The Morgan fingerprint density at radius 1 is 1.17 bits per heavy atom. The van der Waals surface area contributed by atoms with Gasteiger partial charge < -0.3 is 24.6 Å². The van der Waals surface area contributed by atoms with Gasteiger partial charge in [-0.3, -0.25) is 24.1 Å². The minimum Gasteiger partial charge on any atom is -0.461 e. The summed E-state index contributed by atoms with van der Waals surface area (Å²) in [5.41, 5.74) is -6.43. The van der Waals surface area contributed by atoms with E-state index in [2.05, 4.69) is 5.32 Å². The zero-order valence-corrected chi connectivity index (χ0v) is 20.4. The highest BCUT2D eigenvalue weighted by atomic mass is 16.6. The van der Waals surface area contributed by atoms with Crippen LogP contribution in [0.3, 0.4) is 0 Å². The molecule has 11 heteroatoms. The Bertz CT molecular complexity index is 1180. The summed E-state index contributed by atoms with van der Waals surface area (Å²) in [4.78, 5) is 66.6. The average Bonchev–Trinajstić information content (AvgIpc) is 3.43. The molecule has 2 N–H and O–H groups in total. The molecule has 1 aliphatic carbocycles. The minimum absolute atomic E-state index is 0.148. The van der Waals surface area contributed by atoms with Crippen LogP contribution in [0.2, 0.25) is 0 Å². The Hall–Kier alpha value is -3.47. The molecule has 2 amide bonds. The highest BCUT2D eigenvalue weighted by Crippen LogP contribution is 2.76. The van der Waals surface area contributed by atoms with Crippen molar-refractivity contribution in [3.8, 4) is 0 Å². The highest BCUT2D eigenvalue weighted by Gasteiger charge is 2.93. The Kier molecular flexibility index (Phi) is 5.06. The molecule has 0 radical (unpaired) electrons. The molecule has 192 valence electrons. The Morgan fingerprint density at radius 2 is 1.83 bits per heavy atom. The second-order valence-electron chi connectivity index (χ2n) is 10.9. The van der Waals surface area contributed by atoms with Crippen LogP contribution in [0.5, 0.6) is 0 Å². The number of hydrogen-bond acceptors (Lipinski definition) is 9. The fraction of sp³-hybridized carbons (Fsp3) is 0.560. The molecule has 11 nitrogen and oxygen atoms in total. The summed E-state index contributed by atoms with van der Waals surface area (Å²) >= 11 is 0. The van der Waals surface area contributed by atoms with Crippen molar-refractivity contribution in [2.45, 2.75) is 57.6 Å². The van der Waals surface area contributed by atoms with Crippen LogP contribution < -0.4 is 5.32 Å². The Labute approximate surface area is 207 Å². The maximum atomic E-state index is 13.9. The second kappa shape index (κ2) is 7.52. The predicted octanol–water partition coefficient (Wildman–Crippen LogP) is 0.152. The van der Waals surface area contributed by atoms with E-state index in [-0.39, 0.29) is 12.0 Å². The topological polar surface area (TPSA) is 149 Å². The molecule has 3 aliphatic heterocycles. The summed E-state index contributed by atoms with van der Waals surface area (Å²) in [6.45, 7) is 4.66. The normalized spacial score (nSPS) is 36.6. The largest absolute Gasteiger partial charge is 0.461 e. The van der Waals surface area contributed by atoms with Gasteiger partial charge in [-0.25, -0.2) is 4.79 Å². The predicted molar refractivity (Wildman–Crippen MR) is 120 cm³/mol. The zero-order chi connectivity index (χ0) is 26.3. The molecule has 3 heterocycles. The first-order valence-electron chi connectivity index (χ1n) is 11.7. The number of likely N-dealkylation sites (N-methyl/N-ethyl adjacent to an activating group) is 1. The number of likely N-dealkylation sites (tertiary alicyclic amines) is 1. The van der Waals surface area contributed by atoms with E-state index in [1.165, 1.54) is 19.2 Å². The summed E-state index contributed by atoms with van der Waals surface area (Å²) in [6.07, 6.45) is -4.92. The molecule has 6 atom stereocenters. The summed E-state index contributed by atoms with van der Waals surface area (Å²) in [5, 5.41) is 14.9. The van der Waals surface area contributed by atoms with Crippen molar-refractivity contribution in [2.24, 2.45) is 16.2 Å². The van der Waals surface area contributed by atoms with E-state index in [4.69, 9.17) is 14.2 Å². The van der Waals surface area contributed by atoms with E-state index in [0.29, 0.717) is 0 Å². The number of carbonyl (C=O) groups is 5. The fourth-order valence-corrected chi connectivity index (χ4v) is 6.74. The van der Waals surface area contributed by atoms with Gasteiger partial charge in [0.1, 0.15) is 23.5 Å². The number of esters is 3. The number of nitrogens with one attached hydrogen (secondary N) is 1. The van der Waals surface area contributed by atoms with Gasteiger partial charge >= 0.3 is 17.9 Å². The first-order valence-corrected chi connectivity index (χ1v) is 11.7. The lowest BCUT2D eigenvalue weighted by atomic mass is 9.52. The van der Waals surface area contributed by atoms with Gasteiger partial charge in [-0.05, 0) is 17.5 Å². The fourth-order valence-electron chi connectivity index (χ4n) is 6.74. The lowest BCUT2D eigenvalue weighted by molar-refractivity contribution is -0.212.